The van der Waals surface area contributed by atoms with Crippen LogP contribution in [0.2, 0.25) is 0 Å². The minimum atomic E-state index is -4.30. The Balaban J connectivity index is 2.53. The molecular formula is C14H22F3N3O. The fraction of sp³-hybridized carbons (Fsp3) is 0.714. The Morgan fingerprint density at radius 1 is 1.19 bits per heavy atom. The number of aromatic nitrogens is 2. The first-order valence-corrected chi connectivity index (χ1v) is 6.78. The zero-order valence-electron chi connectivity index (χ0n) is 12.8. The number of halogens is 3. The highest BCUT2D eigenvalue weighted by Gasteiger charge is 2.27. The van der Waals surface area contributed by atoms with Gasteiger partial charge in [0.2, 0.25) is 0 Å². The van der Waals surface area contributed by atoms with Crippen LogP contribution in [0.15, 0.2) is 6.07 Å². The molecule has 0 fully saturated rings. The van der Waals surface area contributed by atoms with E-state index < -0.39 is 12.8 Å². The van der Waals surface area contributed by atoms with Gasteiger partial charge in [0.25, 0.3) is 0 Å². The van der Waals surface area contributed by atoms with E-state index in [0.29, 0.717) is 12.4 Å². The van der Waals surface area contributed by atoms with Crippen molar-refractivity contribution in [1.82, 2.24) is 15.3 Å². The first-order valence-electron chi connectivity index (χ1n) is 6.78. The summed E-state index contributed by atoms with van der Waals surface area (Å²) in [6.07, 6.45) is -4.03. The predicted octanol–water partition coefficient (Wildman–Crippen LogP) is 2.79. The summed E-state index contributed by atoms with van der Waals surface area (Å²) < 4.78 is 40.4. The second-order valence-corrected chi connectivity index (χ2v) is 5.94. The second kappa shape index (κ2) is 7.17. The molecule has 0 aliphatic carbocycles. The Morgan fingerprint density at radius 3 is 2.43 bits per heavy atom. The van der Waals surface area contributed by atoms with Gasteiger partial charge in [0, 0.05) is 24.2 Å². The predicted molar refractivity (Wildman–Crippen MR) is 73.9 cm³/mol. The van der Waals surface area contributed by atoms with Gasteiger partial charge in [0.1, 0.15) is 12.4 Å². The number of nitrogens with zero attached hydrogens (tertiary/aromatic N) is 2. The Kier molecular flexibility index (Phi) is 6.10. The lowest BCUT2D eigenvalue weighted by Crippen LogP contribution is -2.35. The third kappa shape index (κ3) is 8.62. The fourth-order valence-corrected chi connectivity index (χ4v) is 1.61. The molecule has 0 aromatic carbocycles. The van der Waals surface area contributed by atoms with E-state index in [1.807, 2.05) is 33.8 Å². The van der Waals surface area contributed by atoms with Crippen LogP contribution < -0.4 is 5.32 Å². The van der Waals surface area contributed by atoms with Gasteiger partial charge in [-0.25, -0.2) is 9.97 Å². The Bertz CT molecular complexity index is 456. The summed E-state index contributed by atoms with van der Waals surface area (Å²) in [6, 6.07) is 1.86. The number of rotatable bonds is 6. The SMILES string of the molecule is Cc1cc(CNC(C)(C)C)nc(CCOCC(F)(F)F)n1. The fourth-order valence-electron chi connectivity index (χ4n) is 1.61. The second-order valence-electron chi connectivity index (χ2n) is 5.94. The summed E-state index contributed by atoms with van der Waals surface area (Å²) in [5.74, 6) is 0.503. The number of alkyl halides is 3. The maximum absolute atomic E-state index is 12.0. The molecule has 0 saturated carbocycles. The van der Waals surface area contributed by atoms with Crippen LogP contribution in [0.25, 0.3) is 0 Å². The molecule has 0 bridgehead atoms. The van der Waals surface area contributed by atoms with Crippen molar-refractivity contribution in [1.29, 1.82) is 0 Å². The number of aryl methyl sites for hydroxylation is 1. The average molecular weight is 305 g/mol. The summed E-state index contributed by atoms with van der Waals surface area (Å²) in [5.41, 5.74) is 1.58. The average Bonchev–Trinajstić information content (AvgIpc) is 2.30. The van der Waals surface area contributed by atoms with Crippen molar-refractivity contribution in [3.05, 3.63) is 23.3 Å². The molecule has 1 aromatic rings. The van der Waals surface area contributed by atoms with E-state index in [1.54, 1.807) is 0 Å². The van der Waals surface area contributed by atoms with Crippen LogP contribution >= 0.6 is 0 Å². The molecule has 0 saturated heterocycles. The molecule has 0 aliphatic rings. The minimum absolute atomic E-state index is 0.0329. The first-order chi connectivity index (χ1) is 9.55. The van der Waals surface area contributed by atoms with Crippen LogP contribution in [0.5, 0.6) is 0 Å². The Hall–Kier alpha value is -1.21. The highest BCUT2D eigenvalue weighted by atomic mass is 19.4. The van der Waals surface area contributed by atoms with E-state index in [0.717, 1.165) is 11.4 Å². The van der Waals surface area contributed by atoms with E-state index in [9.17, 15) is 13.2 Å². The number of hydrogen-bond acceptors (Lipinski definition) is 4. The van der Waals surface area contributed by atoms with E-state index in [1.165, 1.54) is 0 Å². The van der Waals surface area contributed by atoms with Crippen LogP contribution in [0.3, 0.4) is 0 Å². The summed E-state index contributed by atoms with van der Waals surface area (Å²) in [5, 5.41) is 3.31. The zero-order chi connectivity index (χ0) is 16.1. The van der Waals surface area contributed by atoms with E-state index in [4.69, 9.17) is 0 Å². The molecule has 120 valence electrons. The molecule has 7 heteroatoms. The summed E-state index contributed by atoms with van der Waals surface area (Å²) >= 11 is 0. The van der Waals surface area contributed by atoms with Gasteiger partial charge in [-0.3, -0.25) is 0 Å². The lowest BCUT2D eigenvalue weighted by atomic mass is 10.1. The van der Waals surface area contributed by atoms with Crippen LogP contribution in [-0.2, 0) is 17.7 Å². The van der Waals surface area contributed by atoms with Gasteiger partial charge in [-0.05, 0) is 33.8 Å². The molecule has 0 unspecified atom stereocenters. The van der Waals surface area contributed by atoms with Crippen LogP contribution in [0.4, 0.5) is 13.2 Å². The molecule has 0 spiro atoms. The highest BCUT2D eigenvalue weighted by molar-refractivity contribution is 5.10. The number of ether oxygens (including phenoxy) is 1. The molecule has 1 rings (SSSR count). The zero-order valence-corrected chi connectivity index (χ0v) is 12.8. The maximum atomic E-state index is 12.0. The molecular weight excluding hydrogens is 283 g/mol. The number of nitrogens with one attached hydrogen (secondary N) is 1. The quantitative estimate of drug-likeness (QED) is 0.821. The molecule has 0 atom stereocenters. The van der Waals surface area contributed by atoms with Gasteiger partial charge in [0.15, 0.2) is 0 Å². The third-order valence-corrected chi connectivity index (χ3v) is 2.49. The Labute approximate surface area is 123 Å². The minimum Gasteiger partial charge on any atom is -0.372 e. The largest absolute Gasteiger partial charge is 0.411 e. The third-order valence-electron chi connectivity index (χ3n) is 2.49. The van der Waals surface area contributed by atoms with Crippen molar-refractivity contribution in [3.8, 4) is 0 Å². The van der Waals surface area contributed by atoms with Crippen molar-refractivity contribution < 1.29 is 17.9 Å². The lowest BCUT2D eigenvalue weighted by Gasteiger charge is -2.20. The lowest BCUT2D eigenvalue weighted by molar-refractivity contribution is -0.173. The normalized spacial score (nSPS) is 12.7. The summed E-state index contributed by atoms with van der Waals surface area (Å²) in [4.78, 5) is 8.55. The molecule has 0 amide bonds. The molecule has 1 heterocycles. The van der Waals surface area contributed by atoms with Gasteiger partial charge in [-0.2, -0.15) is 13.2 Å². The van der Waals surface area contributed by atoms with Crippen molar-refractivity contribution in [2.45, 2.75) is 52.4 Å². The molecule has 0 aliphatic heterocycles. The molecule has 1 N–H and O–H groups in total. The van der Waals surface area contributed by atoms with Crippen molar-refractivity contribution in [3.63, 3.8) is 0 Å². The maximum Gasteiger partial charge on any atom is 0.411 e. The van der Waals surface area contributed by atoms with E-state index in [2.05, 4.69) is 20.0 Å². The smallest absolute Gasteiger partial charge is 0.372 e. The van der Waals surface area contributed by atoms with Crippen molar-refractivity contribution in [2.75, 3.05) is 13.2 Å². The first kappa shape index (κ1) is 17.8. The van der Waals surface area contributed by atoms with Gasteiger partial charge in [0.05, 0.1) is 12.3 Å². The summed E-state index contributed by atoms with van der Waals surface area (Å²) in [6.45, 7) is 7.28. The van der Waals surface area contributed by atoms with Crippen molar-refractivity contribution >= 4 is 0 Å². The summed E-state index contributed by atoms with van der Waals surface area (Å²) in [7, 11) is 0. The standard InChI is InChI=1S/C14H22F3N3O/c1-10-7-11(8-18-13(2,3)4)20-12(19-10)5-6-21-9-14(15,16)17/h7,18H,5-6,8-9H2,1-4H3. The number of hydrogen-bond donors (Lipinski definition) is 1. The van der Waals surface area contributed by atoms with Gasteiger partial charge in [-0.15, -0.1) is 0 Å². The molecule has 21 heavy (non-hydrogen) atoms. The topological polar surface area (TPSA) is 47.0 Å². The van der Waals surface area contributed by atoms with Crippen LogP contribution in [-0.4, -0.2) is 34.9 Å². The van der Waals surface area contributed by atoms with Crippen LogP contribution in [0, 0.1) is 6.92 Å². The van der Waals surface area contributed by atoms with E-state index >= 15 is 0 Å². The van der Waals surface area contributed by atoms with Gasteiger partial charge >= 0.3 is 6.18 Å². The van der Waals surface area contributed by atoms with Gasteiger partial charge in [-0.1, -0.05) is 0 Å². The molecule has 0 radical (unpaired) electrons. The van der Waals surface area contributed by atoms with Crippen LogP contribution in [0.1, 0.15) is 38.0 Å². The molecule has 4 nitrogen and oxygen atoms in total. The highest BCUT2D eigenvalue weighted by Crippen LogP contribution is 2.14. The van der Waals surface area contributed by atoms with E-state index in [-0.39, 0.29) is 18.6 Å². The molecule has 1 aromatic heterocycles. The Morgan fingerprint density at radius 2 is 1.86 bits per heavy atom. The van der Waals surface area contributed by atoms with Gasteiger partial charge < -0.3 is 10.1 Å². The monoisotopic (exact) mass is 305 g/mol. The van der Waals surface area contributed by atoms with Crippen molar-refractivity contribution in [2.24, 2.45) is 0 Å².